The van der Waals surface area contributed by atoms with E-state index in [0.29, 0.717) is 11.5 Å². The van der Waals surface area contributed by atoms with Crippen molar-refractivity contribution < 1.29 is 14.7 Å². The van der Waals surface area contributed by atoms with E-state index in [0.717, 1.165) is 17.5 Å². The molecular weight excluding hydrogens is 264 g/mol. The molecule has 0 aromatic carbocycles. The van der Waals surface area contributed by atoms with Crippen molar-refractivity contribution in [1.82, 2.24) is 10.3 Å². The van der Waals surface area contributed by atoms with Gasteiger partial charge >= 0.3 is 5.97 Å². The molecule has 0 unspecified atom stereocenters. The van der Waals surface area contributed by atoms with Crippen molar-refractivity contribution in [1.29, 1.82) is 0 Å². The first-order chi connectivity index (χ1) is 8.04. The molecule has 0 aliphatic heterocycles. The molecule has 0 saturated heterocycles. The average molecular weight is 272 g/mol. The number of aliphatic carboxylic acids is 1. The van der Waals surface area contributed by atoms with Gasteiger partial charge in [0.1, 0.15) is 5.57 Å². The quantitative estimate of drug-likeness (QED) is 0.338. The molecule has 0 spiro atoms. The van der Waals surface area contributed by atoms with Crippen LogP contribution < -0.4 is 16.4 Å². The van der Waals surface area contributed by atoms with E-state index < -0.39 is 5.97 Å². The summed E-state index contributed by atoms with van der Waals surface area (Å²) in [4.78, 5) is 25.0. The number of rotatable bonds is 5. The number of aromatic nitrogens is 1. The Morgan fingerprint density at radius 2 is 2.35 bits per heavy atom. The molecule has 0 aliphatic rings. The van der Waals surface area contributed by atoms with Crippen LogP contribution in [0.3, 0.4) is 0 Å². The Morgan fingerprint density at radius 1 is 1.65 bits per heavy atom. The maximum atomic E-state index is 11.0. The fourth-order valence-corrected chi connectivity index (χ4v) is 1.63. The lowest BCUT2D eigenvalue weighted by molar-refractivity contribution is -0.130. The Bertz CT molecular complexity index is 483. The van der Waals surface area contributed by atoms with Gasteiger partial charge in [0.15, 0.2) is 10.2 Å². The first kappa shape index (κ1) is 13.1. The summed E-state index contributed by atoms with van der Waals surface area (Å²) >= 11 is 5.65. The van der Waals surface area contributed by atoms with Crippen LogP contribution in [0.5, 0.6) is 0 Å². The highest BCUT2D eigenvalue weighted by molar-refractivity contribution is 7.80. The summed E-state index contributed by atoms with van der Waals surface area (Å²) in [5.41, 5.74) is 5.28. The van der Waals surface area contributed by atoms with Gasteiger partial charge in [-0.05, 0) is 12.2 Å². The topological polar surface area (TPSA) is 117 Å². The molecule has 1 amide bonds. The third-order valence-corrected chi connectivity index (χ3v) is 2.44. The Balaban J connectivity index is 2.97. The SMILES string of the molecule is NC(=S)NC=C(C(=O)O)c1csc(NC=O)n1. The zero-order valence-corrected chi connectivity index (χ0v) is 9.97. The number of anilines is 1. The number of nitrogens with one attached hydrogen (secondary N) is 2. The molecule has 1 rings (SSSR count). The minimum Gasteiger partial charge on any atom is -0.478 e. The number of carbonyl (C=O) groups excluding carboxylic acids is 1. The van der Waals surface area contributed by atoms with Crippen molar-refractivity contribution in [2.75, 3.05) is 5.32 Å². The number of nitrogens with two attached hydrogens (primary N) is 1. The Kier molecular flexibility index (Phi) is 4.55. The normalized spacial score (nSPS) is 10.7. The van der Waals surface area contributed by atoms with Gasteiger partial charge in [0.05, 0.1) is 5.69 Å². The number of carbonyl (C=O) groups is 2. The number of thiazole rings is 1. The van der Waals surface area contributed by atoms with E-state index in [1.807, 2.05) is 0 Å². The molecule has 0 fully saturated rings. The van der Waals surface area contributed by atoms with Crippen molar-refractivity contribution in [3.63, 3.8) is 0 Å². The minimum atomic E-state index is -1.18. The minimum absolute atomic E-state index is 0.0507. The summed E-state index contributed by atoms with van der Waals surface area (Å²) in [6, 6.07) is 0. The van der Waals surface area contributed by atoms with Crippen LogP contribution >= 0.6 is 23.6 Å². The zero-order valence-electron chi connectivity index (χ0n) is 8.34. The Morgan fingerprint density at radius 3 is 2.88 bits per heavy atom. The summed E-state index contributed by atoms with van der Waals surface area (Å²) in [5, 5.41) is 15.4. The van der Waals surface area contributed by atoms with Gasteiger partial charge in [-0.15, -0.1) is 11.3 Å². The zero-order chi connectivity index (χ0) is 12.8. The monoisotopic (exact) mass is 272 g/mol. The van der Waals surface area contributed by atoms with Crippen molar-refractivity contribution in [3.8, 4) is 0 Å². The maximum Gasteiger partial charge on any atom is 0.339 e. The highest BCUT2D eigenvalue weighted by Gasteiger charge is 2.14. The van der Waals surface area contributed by atoms with E-state index in [1.54, 1.807) is 0 Å². The molecule has 0 atom stereocenters. The van der Waals surface area contributed by atoms with Gasteiger partial charge in [0.25, 0.3) is 0 Å². The molecule has 0 saturated carbocycles. The summed E-state index contributed by atoms with van der Waals surface area (Å²) in [6.45, 7) is 0. The van der Waals surface area contributed by atoms with Crippen molar-refractivity contribution in [2.24, 2.45) is 5.73 Å². The second-order valence-electron chi connectivity index (χ2n) is 2.67. The number of amides is 1. The van der Waals surface area contributed by atoms with Gasteiger partial charge in [0.2, 0.25) is 6.41 Å². The van der Waals surface area contributed by atoms with Gasteiger partial charge in [-0.1, -0.05) is 0 Å². The van der Waals surface area contributed by atoms with E-state index in [1.165, 1.54) is 5.38 Å². The van der Waals surface area contributed by atoms with Crippen LogP contribution in [-0.4, -0.2) is 27.6 Å². The molecule has 1 heterocycles. The molecule has 0 aliphatic carbocycles. The molecule has 1 aromatic heterocycles. The van der Waals surface area contributed by atoms with E-state index in [4.69, 9.17) is 10.8 Å². The standard InChI is InChI=1S/C8H8N4O3S2/c9-7(16)10-1-4(6(14)15)5-2-17-8(12-5)11-3-13/h1-3H,(H,14,15)(H3,9,10,16)(H,11,12,13). The smallest absolute Gasteiger partial charge is 0.339 e. The number of hydrogen-bond donors (Lipinski definition) is 4. The summed E-state index contributed by atoms with van der Waals surface area (Å²) in [6.07, 6.45) is 1.60. The fourth-order valence-electron chi connectivity index (χ4n) is 0.903. The molecule has 7 nitrogen and oxygen atoms in total. The number of hydrogen-bond acceptors (Lipinski definition) is 5. The fraction of sp³-hybridized carbons (Fsp3) is 0. The van der Waals surface area contributed by atoms with E-state index >= 15 is 0 Å². The van der Waals surface area contributed by atoms with Crippen molar-refractivity contribution in [3.05, 3.63) is 17.3 Å². The lowest BCUT2D eigenvalue weighted by Crippen LogP contribution is -2.24. The summed E-state index contributed by atoms with van der Waals surface area (Å²) < 4.78 is 0. The van der Waals surface area contributed by atoms with Crippen LogP contribution in [0.15, 0.2) is 11.6 Å². The predicted molar refractivity (Wildman–Crippen MR) is 67.3 cm³/mol. The van der Waals surface area contributed by atoms with Gasteiger partial charge in [-0.25, -0.2) is 9.78 Å². The lowest BCUT2D eigenvalue weighted by Gasteiger charge is -1.99. The van der Waals surface area contributed by atoms with Gasteiger partial charge in [-0.3, -0.25) is 4.79 Å². The molecule has 0 bridgehead atoms. The van der Waals surface area contributed by atoms with Gasteiger partial charge < -0.3 is 21.5 Å². The van der Waals surface area contributed by atoms with Crippen molar-refractivity contribution in [2.45, 2.75) is 0 Å². The molecule has 90 valence electrons. The second kappa shape index (κ2) is 5.92. The van der Waals surface area contributed by atoms with Gasteiger partial charge in [-0.2, -0.15) is 0 Å². The van der Waals surface area contributed by atoms with E-state index in [9.17, 15) is 9.59 Å². The van der Waals surface area contributed by atoms with E-state index in [-0.39, 0.29) is 16.4 Å². The number of thiocarbonyl (C=S) groups is 1. The molecule has 0 radical (unpaired) electrons. The Hall–Kier alpha value is -2.00. The lowest BCUT2D eigenvalue weighted by atomic mass is 10.2. The predicted octanol–water partition coefficient (Wildman–Crippen LogP) is -0.0299. The van der Waals surface area contributed by atoms with Crippen LogP contribution in [-0.2, 0) is 9.59 Å². The summed E-state index contributed by atoms with van der Waals surface area (Å²) in [7, 11) is 0. The van der Waals surface area contributed by atoms with Gasteiger partial charge in [0, 0.05) is 11.6 Å². The van der Waals surface area contributed by atoms with Crippen LogP contribution in [0.25, 0.3) is 5.57 Å². The third kappa shape index (κ3) is 3.81. The van der Waals surface area contributed by atoms with Crippen LogP contribution in [0.1, 0.15) is 5.69 Å². The van der Waals surface area contributed by atoms with Crippen LogP contribution in [0.4, 0.5) is 5.13 Å². The van der Waals surface area contributed by atoms with Crippen LogP contribution in [0, 0.1) is 0 Å². The summed E-state index contributed by atoms with van der Waals surface area (Å²) in [5.74, 6) is -1.18. The molecule has 5 N–H and O–H groups in total. The number of nitrogens with zero attached hydrogens (tertiary/aromatic N) is 1. The highest BCUT2D eigenvalue weighted by Crippen LogP contribution is 2.20. The second-order valence-corrected chi connectivity index (χ2v) is 3.97. The number of carboxylic acid groups (broad SMARTS) is 1. The van der Waals surface area contributed by atoms with Crippen LogP contribution in [0.2, 0.25) is 0 Å². The third-order valence-electron chi connectivity index (χ3n) is 1.55. The largest absolute Gasteiger partial charge is 0.478 e. The first-order valence-electron chi connectivity index (χ1n) is 4.20. The first-order valence-corrected chi connectivity index (χ1v) is 5.49. The Labute approximate surface area is 105 Å². The van der Waals surface area contributed by atoms with Crippen molar-refractivity contribution >= 4 is 51.8 Å². The molecule has 17 heavy (non-hydrogen) atoms. The number of carboxylic acids is 1. The highest BCUT2D eigenvalue weighted by atomic mass is 32.1. The maximum absolute atomic E-state index is 11.0. The molecule has 9 heteroatoms. The van der Waals surface area contributed by atoms with E-state index in [2.05, 4.69) is 27.8 Å². The average Bonchev–Trinajstić information content (AvgIpc) is 2.66. The molecule has 1 aromatic rings. The molecular formula is C8H8N4O3S2.